The van der Waals surface area contributed by atoms with E-state index in [0.29, 0.717) is 13.0 Å². The lowest BCUT2D eigenvalue weighted by Gasteiger charge is -2.18. The highest BCUT2D eigenvalue weighted by atomic mass is 19.4. The topological polar surface area (TPSA) is 67.4 Å². The van der Waals surface area contributed by atoms with Gasteiger partial charge in [-0.25, -0.2) is 0 Å². The Balaban J connectivity index is 2.89. The van der Waals surface area contributed by atoms with Gasteiger partial charge >= 0.3 is 6.18 Å². The Morgan fingerprint density at radius 2 is 1.80 bits per heavy atom. The van der Waals surface area contributed by atoms with Gasteiger partial charge < -0.3 is 15.4 Å². The lowest BCUT2D eigenvalue weighted by Crippen LogP contribution is -2.39. The molecule has 0 aromatic heterocycles. The van der Waals surface area contributed by atoms with Crippen LogP contribution in [0.25, 0.3) is 0 Å². The molecule has 25 heavy (non-hydrogen) atoms. The van der Waals surface area contributed by atoms with E-state index in [-0.39, 0.29) is 23.9 Å². The molecule has 140 valence electrons. The molecule has 8 heteroatoms. The molecule has 0 saturated carbocycles. The van der Waals surface area contributed by atoms with Crippen molar-refractivity contribution >= 4 is 17.5 Å². The van der Waals surface area contributed by atoms with Crippen LogP contribution in [0.5, 0.6) is 5.75 Å². The smallest absolute Gasteiger partial charge is 0.416 e. The Kier molecular flexibility index (Phi) is 6.84. The highest BCUT2D eigenvalue weighted by molar-refractivity contribution is 5.96. The molecule has 1 rings (SSSR count). The summed E-state index contributed by atoms with van der Waals surface area (Å²) in [6.07, 6.45) is -3.88. The molecule has 0 unspecified atom stereocenters. The van der Waals surface area contributed by atoms with Crippen LogP contribution >= 0.6 is 0 Å². The van der Waals surface area contributed by atoms with E-state index in [9.17, 15) is 22.8 Å². The molecule has 5 nitrogen and oxygen atoms in total. The Labute approximate surface area is 144 Å². The number of halogens is 3. The van der Waals surface area contributed by atoms with Gasteiger partial charge in [0.1, 0.15) is 5.75 Å². The molecule has 0 aliphatic carbocycles. The minimum absolute atomic E-state index is 0.0849. The maximum absolute atomic E-state index is 12.9. The Morgan fingerprint density at radius 1 is 1.16 bits per heavy atom. The number of carbonyl (C=O) groups is 2. The van der Waals surface area contributed by atoms with Gasteiger partial charge in [0.2, 0.25) is 11.8 Å². The molecule has 0 bridgehead atoms. The normalized spacial score (nSPS) is 11.8. The van der Waals surface area contributed by atoms with E-state index in [1.165, 1.54) is 6.07 Å². The van der Waals surface area contributed by atoms with Gasteiger partial charge in [0.15, 0.2) is 0 Å². The number of carbonyl (C=O) groups excluding carboxylic acids is 2. The van der Waals surface area contributed by atoms with Gasteiger partial charge in [-0.05, 0) is 24.6 Å². The maximum Gasteiger partial charge on any atom is 0.416 e. The molecule has 0 saturated heterocycles. The SMILES string of the molecule is CCCOc1ccc(C(F)(F)F)cc1NC(=O)CNC(=O)C(C)(C)C. The van der Waals surface area contributed by atoms with Crippen molar-refractivity contribution in [1.82, 2.24) is 5.32 Å². The van der Waals surface area contributed by atoms with E-state index < -0.39 is 23.1 Å². The van der Waals surface area contributed by atoms with Crippen LogP contribution in [0.2, 0.25) is 0 Å². The quantitative estimate of drug-likeness (QED) is 0.815. The summed E-state index contributed by atoms with van der Waals surface area (Å²) in [6.45, 7) is 6.86. The number of hydrogen-bond acceptors (Lipinski definition) is 3. The van der Waals surface area contributed by atoms with Crippen molar-refractivity contribution in [2.75, 3.05) is 18.5 Å². The fraction of sp³-hybridized carbons (Fsp3) is 0.529. The van der Waals surface area contributed by atoms with Crippen LogP contribution < -0.4 is 15.4 Å². The molecule has 0 radical (unpaired) electrons. The van der Waals surface area contributed by atoms with Crippen molar-refractivity contribution in [3.05, 3.63) is 23.8 Å². The number of benzene rings is 1. The minimum Gasteiger partial charge on any atom is -0.491 e. The molecule has 0 aliphatic rings. The van der Waals surface area contributed by atoms with Gasteiger partial charge in [-0.2, -0.15) is 13.2 Å². The van der Waals surface area contributed by atoms with E-state index in [4.69, 9.17) is 4.74 Å². The first-order valence-corrected chi connectivity index (χ1v) is 7.87. The molecule has 0 aliphatic heterocycles. The summed E-state index contributed by atoms with van der Waals surface area (Å²) in [5.41, 5.74) is -1.66. The van der Waals surface area contributed by atoms with Gasteiger partial charge in [0, 0.05) is 5.41 Å². The van der Waals surface area contributed by atoms with Gasteiger partial charge in [-0.15, -0.1) is 0 Å². The standard InChI is InChI=1S/C17H23F3N2O3/c1-5-8-25-13-7-6-11(17(18,19)20)9-12(13)22-14(23)10-21-15(24)16(2,3)4/h6-7,9H,5,8,10H2,1-4H3,(H,21,24)(H,22,23). The molecular formula is C17H23F3N2O3. The molecule has 0 heterocycles. The highest BCUT2D eigenvalue weighted by Gasteiger charge is 2.31. The van der Waals surface area contributed by atoms with Crippen molar-refractivity contribution in [2.24, 2.45) is 5.41 Å². The minimum atomic E-state index is -4.54. The predicted molar refractivity (Wildman–Crippen MR) is 88.3 cm³/mol. The Morgan fingerprint density at radius 3 is 2.32 bits per heavy atom. The first-order valence-electron chi connectivity index (χ1n) is 7.87. The van der Waals surface area contributed by atoms with Crippen molar-refractivity contribution < 1.29 is 27.5 Å². The summed E-state index contributed by atoms with van der Waals surface area (Å²) in [6, 6.07) is 2.87. The first kappa shape index (κ1) is 20.8. The number of alkyl halides is 3. The highest BCUT2D eigenvalue weighted by Crippen LogP contribution is 2.35. The fourth-order valence-electron chi connectivity index (χ4n) is 1.76. The molecule has 1 aromatic rings. The Bertz CT molecular complexity index is 623. The molecule has 2 N–H and O–H groups in total. The average molecular weight is 360 g/mol. The average Bonchev–Trinajstić information content (AvgIpc) is 2.49. The summed E-state index contributed by atoms with van der Waals surface area (Å²) in [4.78, 5) is 23.7. The predicted octanol–water partition coefficient (Wildman–Crippen LogP) is 3.60. The van der Waals surface area contributed by atoms with Gasteiger partial charge in [-0.1, -0.05) is 27.7 Å². The van der Waals surface area contributed by atoms with Crippen LogP contribution in [-0.4, -0.2) is 25.0 Å². The summed E-state index contributed by atoms with van der Waals surface area (Å²) >= 11 is 0. The third-order valence-corrected chi connectivity index (χ3v) is 3.13. The summed E-state index contributed by atoms with van der Waals surface area (Å²) in [5, 5.41) is 4.80. The zero-order valence-corrected chi connectivity index (χ0v) is 14.7. The Hall–Kier alpha value is -2.25. The van der Waals surface area contributed by atoms with Crippen LogP contribution in [0.1, 0.15) is 39.7 Å². The van der Waals surface area contributed by atoms with Gasteiger partial charge in [0.05, 0.1) is 24.4 Å². The second kappa shape index (κ2) is 8.22. The third-order valence-electron chi connectivity index (χ3n) is 3.13. The van der Waals surface area contributed by atoms with E-state index in [2.05, 4.69) is 10.6 Å². The molecular weight excluding hydrogens is 337 g/mol. The number of amides is 2. The largest absolute Gasteiger partial charge is 0.491 e. The summed E-state index contributed by atoms with van der Waals surface area (Å²) in [7, 11) is 0. The van der Waals surface area contributed by atoms with Crippen molar-refractivity contribution in [2.45, 2.75) is 40.3 Å². The lowest BCUT2D eigenvalue weighted by atomic mass is 9.96. The van der Waals surface area contributed by atoms with Crippen molar-refractivity contribution in [1.29, 1.82) is 0 Å². The van der Waals surface area contributed by atoms with Crippen LogP contribution in [-0.2, 0) is 15.8 Å². The molecule has 0 spiro atoms. The van der Waals surface area contributed by atoms with E-state index in [1.807, 2.05) is 6.92 Å². The molecule has 0 fully saturated rings. The monoisotopic (exact) mass is 360 g/mol. The number of hydrogen-bond donors (Lipinski definition) is 2. The number of ether oxygens (including phenoxy) is 1. The van der Waals surface area contributed by atoms with Gasteiger partial charge in [-0.3, -0.25) is 9.59 Å². The van der Waals surface area contributed by atoms with E-state index in [0.717, 1.165) is 12.1 Å². The first-order chi connectivity index (χ1) is 11.4. The second-order valence-corrected chi connectivity index (χ2v) is 6.54. The zero-order chi connectivity index (χ0) is 19.3. The van der Waals surface area contributed by atoms with Crippen molar-refractivity contribution in [3.8, 4) is 5.75 Å². The zero-order valence-electron chi connectivity index (χ0n) is 14.7. The number of rotatable bonds is 6. The van der Waals surface area contributed by atoms with Crippen LogP contribution in [0.3, 0.4) is 0 Å². The summed E-state index contributed by atoms with van der Waals surface area (Å²) < 4.78 is 44.0. The molecule has 2 amide bonds. The maximum atomic E-state index is 12.9. The fourth-order valence-corrected chi connectivity index (χ4v) is 1.76. The molecule has 0 atom stereocenters. The van der Waals surface area contributed by atoms with Crippen LogP contribution in [0, 0.1) is 5.41 Å². The van der Waals surface area contributed by atoms with Crippen molar-refractivity contribution in [3.63, 3.8) is 0 Å². The molecule has 1 aromatic carbocycles. The van der Waals surface area contributed by atoms with Crippen LogP contribution in [0.15, 0.2) is 18.2 Å². The second-order valence-electron chi connectivity index (χ2n) is 6.54. The lowest BCUT2D eigenvalue weighted by molar-refractivity contribution is -0.137. The summed E-state index contributed by atoms with van der Waals surface area (Å²) in [5.74, 6) is -0.835. The number of anilines is 1. The van der Waals surface area contributed by atoms with E-state index >= 15 is 0 Å². The third kappa shape index (κ3) is 6.64. The van der Waals surface area contributed by atoms with E-state index in [1.54, 1.807) is 20.8 Å². The van der Waals surface area contributed by atoms with Crippen LogP contribution in [0.4, 0.5) is 18.9 Å². The number of nitrogens with one attached hydrogen (secondary N) is 2. The van der Waals surface area contributed by atoms with Gasteiger partial charge in [0.25, 0.3) is 0 Å².